The molecule has 2 aromatic rings. The van der Waals surface area contributed by atoms with Crippen molar-refractivity contribution in [1.82, 2.24) is 10.2 Å². The molecule has 0 aliphatic carbocycles. The van der Waals surface area contributed by atoms with Crippen LogP contribution in [-0.4, -0.2) is 36.3 Å². The van der Waals surface area contributed by atoms with Crippen LogP contribution in [0.1, 0.15) is 18.1 Å². The number of hydrogen-bond donors (Lipinski definition) is 1. The second-order valence-electron chi connectivity index (χ2n) is 5.97. The number of halogens is 2. The van der Waals surface area contributed by atoms with E-state index in [0.29, 0.717) is 24.0 Å². The number of carbonyl (C=O) groups excluding carboxylic acids is 2. The number of nitrogens with one attached hydrogen (secondary N) is 1. The topological polar surface area (TPSA) is 49.4 Å². The predicted molar refractivity (Wildman–Crippen MR) is 95.5 cm³/mol. The first kappa shape index (κ1) is 19.6. The van der Waals surface area contributed by atoms with Crippen LogP contribution in [0.5, 0.6) is 0 Å². The third-order valence-corrected chi connectivity index (χ3v) is 4.06. The first-order valence-corrected chi connectivity index (χ1v) is 8.46. The molecule has 2 rings (SSSR count). The standard InChI is InChI=1S/C20H22F2N2O2/c1-15(25)24(13-11-17-7-3-5-9-19(17)22)14-20(26)23-12-10-16-6-2-4-8-18(16)21/h2-9H,10-14H2,1H3,(H,23,26). The van der Waals surface area contributed by atoms with E-state index in [4.69, 9.17) is 0 Å². The monoisotopic (exact) mass is 360 g/mol. The number of benzene rings is 2. The largest absolute Gasteiger partial charge is 0.354 e. The lowest BCUT2D eigenvalue weighted by Crippen LogP contribution is -2.41. The molecule has 0 fully saturated rings. The Hall–Kier alpha value is -2.76. The Morgan fingerprint density at radius 2 is 1.46 bits per heavy atom. The summed E-state index contributed by atoms with van der Waals surface area (Å²) in [5.74, 6) is -1.22. The number of hydrogen-bond acceptors (Lipinski definition) is 2. The summed E-state index contributed by atoms with van der Waals surface area (Å²) in [5.41, 5.74) is 1.02. The molecule has 0 radical (unpaired) electrons. The maximum absolute atomic E-state index is 13.7. The van der Waals surface area contributed by atoms with E-state index in [1.807, 2.05) is 0 Å². The molecule has 26 heavy (non-hydrogen) atoms. The van der Waals surface area contributed by atoms with Crippen LogP contribution in [0.3, 0.4) is 0 Å². The van der Waals surface area contributed by atoms with Crippen LogP contribution >= 0.6 is 0 Å². The summed E-state index contributed by atoms with van der Waals surface area (Å²) < 4.78 is 27.2. The zero-order valence-corrected chi connectivity index (χ0v) is 14.7. The van der Waals surface area contributed by atoms with Crippen LogP contribution in [0, 0.1) is 11.6 Å². The highest BCUT2D eigenvalue weighted by atomic mass is 19.1. The SMILES string of the molecule is CC(=O)N(CCc1ccccc1F)CC(=O)NCCc1ccccc1F. The van der Waals surface area contributed by atoms with Crippen LogP contribution in [0.4, 0.5) is 8.78 Å². The van der Waals surface area contributed by atoms with Crippen molar-refractivity contribution in [3.8, 4) is 0 Å². The lowest BCUT2D eigenvalue weighted by Gasteiger charge is -2.20. The minimum atomic E-state index is -0.329. The Bertz CT molecular complexity index is 765. The molecule has 0 spiro atoms. The molecule has 0 aliphatic rings. The van der Waals surface area contributed by atoms with Crippen molar-refractivity contribution in [1.29, 1.82) is 0 Å². The predicted octanol–water partition coefficient (Wildman–Crippen LogP) is 2.71. The molecule has 0 unspecified atom stereocenters. The molecule has 0 saturated heterocycles. The first-order valence-electron chi connectivity index (χ1n) is 8.46. The van der Waals surface area contributed by atoms with Gasteiger partial charge in [0.05, 0.1) is 6.54 Å². The fraction of sp³-hybridized carbons (Fsp3) is 0.300. The Kier molecular flexibility index (Phi) is 7.26. The van der Waals surface area contributed by atoms with E-state index < -0.39 is 0 Å². The van der Waals surface area contributed by atoms with Crippen LogP contribution in [-0.2, 0) is 22.4 Å². The van der Waals surface area contributed by atoms with E-state index in [1.54, 1.807) is 36.4 Å². The number of amides is 2. The van der Waals surface area contributed by atoms with Gasteiger partial charge in [0.2, 0.25) is 11.8 Å². The molecule has 6 heteroatoms. The molecule has 4 nitrogen and oxygen atoms in total. The van der Waals surface area contributed by atoms with Crippen LogP contribution < -0.4 is 5.32 Å². The van der Waals surface area contributed by atoms with Gasteiger partial charge in [0.25, 0.3) is 0 Å². The number of rotatable bonds is 8. The third kappa shape index (κ3) is 5.95. The average Bonchev–Trinajstić information content (AvgIpc) is 2.61. The number of carbonyl (C=O) groups is 2. The molecule has 0 bridgehead atoms. The van der Waals surface area contributed by atoms with E-state index in [2.05, 4.69) is 5.32 Å². The molecule has 138 valence electrons. The second-order valence-corrected chi connectivity index (χ2v) is 5.97. The Morgan fingerprint density at radius 3 is 2.00 bits per heavy atom. The quantitative estimate of drug-likeness (QED) is 0.787. The molecular weight excluding hydrogens is 338 g/mol. The molecule has 0 aliphatic heterocycles. The van der Waals surface area contributed by atoms with Crippen molar-refractivity contribution in [2.75, 3.05) is 19.6 Å². The summed E-state index contributed by atoms with van der Waals surface area (Å²) in [5, 5.41) is 2.68. The van der Waals surface area contributed by atoms with Crippen molar-refractivity contribution in [3.63, 3.8) is 0 Å². The van der Waals surface area contributed by atoms with Crippen LogP contribution in [0.25, 0.3) is 0 Å². The molecule has 0 saturated carbocycles. The van der Waals surface area contributed by atoms with Crippen molar-refractivity contribution in [2.24, 2.45) is 0 Å². The van der Waals surface area contributed by atoms with Gasteiger partial charge in [-0.3, -0.25) is 9.59 Å². The zero-order chi connectivity index (χ0) is 18.9. The zero-order valence-electron chi connectivity index (χ0n) is 14.7. The van der Waals surface area contributed by atoms with Crippen molar-refractivity contribution in [3.05, 3.63) is 71.3 Å². The summed E-state index contributed by atoms with van der Waals surface area (Å²) >= 11 is 0. The molecule has 0 atom stereocenters. The van der Waals surface area contributed by atoms with Gasteiger partial charge in [-0.15, -0.1) is 0 Å². The normalized spacial score (nSPS) is 10.4. The van der Waals surface area contributed by atoms with Gasteiger partial charge in [-0.25, -0.2) is 8.78 Å². The fourth-order valence-electron chi connectivity index (χ4n) is 2.57. The maximum Gasteiger partial charge on any atom is 0.239 e. The van der Waals surface area contributed by atoms with Crippen molar-refractivity contribution in [2.45, 2.75) is 19.8 Å². The molecule has 0 heterocycles. The average molecular weight is 360 g/mol. The smallest absolute Gasteiger partial charge is 0.239 e. The van der Waals surface area contributed by atoms with Gasteiger partial charge in [0.1, 0.15) is 11.6 Å². The van der Waals surface area contributed by atoms with E-state index in [0.717, 1.165) is 0 Å². The molecule has 0 aromatic heterocycles. The lowest BCUT2D eigenvalue weighted by molar-refractivity contribution is -0.134. The highest BCUT2D eigenvalue weighted by molar-refractivity contribution is 5.83. The summed E-state index contributed by atoms with van der Waals surface area (Å²) in [4.78, 5) is 25.1. The van der Waals surface area contributed by atoms with E-state index >= 15 is 0 Å². The first-order chi connectivity index (χ1) is 12.5. The van der Waals surface area contributed by atoms with Gasteiger partial charge in [-0.05, 0) is 36.1 Å². The third-order valence-electron chi connectivity index (χ3n) is 4.06. The Morgan fingerprint density at radius 1 is 0.923 bits per heavy atom. The van der Waals surface area contributed by atoms with Gasteiger partial charge in [0, 0.05) is 20.0 Å². The maximum atomic E-state index is 13.7. The minimum Gasteiger partial charge on any atom is -0.354 e. The molecule has 2 aromatic carbocycles. The molecule has 1 N–H and O–H groups in total. The van der Waals surface area contributed by atoms with E-state index in [-0.39, 0.29) is 43.1 Å². The van der Waals surface area contributed by atoms with Crippen LogP contribution in [0.15, 0.2) is 48.5 Å². The highest BCUT2D eigenvalue weighted by Crippen LogP contribution is 2.08. The van der Waals surface area contributed by atoms with E-state index in [1.165, 1.54) is 24.0 Å². The van der Waals surface area contributed by atoms with Crippen molar-refractivity contribution >= 4 is 11.8 Å². The summed E-state index contributed by atoms with van der Waals surface area (Å²) in [6, 6.07) is 12.7. The fourth-order valence-corrected chi connectivity index (χ4v) is 2.57. The van der Waals surface area contributed by atoms with Crippen molar-refractivity contribution < 1.29 is 18.4 Å². The summed E-state index contributed by atoms with van der Waals surface area (Å²) in [6.45, 7) is 1.78. The van der Waals surface area contributed by atoms with E-state index in [9.17, 15) is 18.4 Å². The number of nitrogens with zero attached hydrogens (tertiary/aromatic N) is 1. The Labute approximate surface area is 151 Å². The van der Waals surface area contributed by atoms with Gasteiger partial charge < -0.3 is 10.2 Å². The van der Waals surface area contributed by atoms with Gasteiger partial charge in [-0.1, -0.05) is 36.4 Å². The Balaban J connectivity index is 1.81. The lowest BCUT2D eigenvalue weighted by atomic mass is 10.1. The van der Waals surface area contributed by atoms with Gasteiger partial charge in [-0.2, -0.15) is 0 Å². The summed E-state index contributed by atoms with van der Waals surface area (Å²) in [7, 11) is 0. The molecular formula is C20H22F2N2O2. The summed E-state index contributed by atoms with van der Waals surface area (Å²) in [6.07, 6.45) is 0.697. The molecule has 2 amide bonds. The van der Waals surface area contributed by atoms with Crippen LogP contribution in [0.2, 0.25) is 0 Å². The minimum absolute atomic E-state index is 0.110. The second kappa shape index (κ2) is 9.65. The van der Waals surface area contributed by atoms with Gasteiger partial charge >= 0.3 is 0 Å². The van der Waals surface area contributed by atoms with Gasteiger partial charge in [0.15, 0.2) is 0 Å². The highest BCUT2D eigenvalue weighted by Gasteiger charge is 2.14.